The van der Waals surface area contributed by atoms with E-state index in [0.717, 1.165) is 0 Å². The zero-order valence-electron chi connectivity index (χ0n) is 18.0. The normalized spacial score (nSPS) is 21.0. The number of aromatic nitrogens is 1. The van der Waals surface area contributed by atoms with Crippen molar-refractivity contribution in [2.75, 3.05) is 30.5 Å². The molecule has 1 aliphatic carbocycles. The van der Waals surface area contributed by atoms with E-state index in [1.165, 1.54) is 7.11 Å². The van der Waals surface area contributed by atoms with Gasteiger partial charge in [-0.3, -0.25) is 15.2 Å². The fourth-order valence-electron chi connectivity index (χ4n) is 3.90. The summed E-state index contributed by atoms with van der Waals surface area (Å²) in [5, 5.41) is 16.6. The molecule has 0 radical (unpaired) electrons. The molecule has 5 rings (SSSR count). The minimum absolute atomic E-state index is 0.0541. The topological polar surface area (TPSA) is 119 Å². The molecule has 2 unspecified atom stereocenters. The quantitative estimate of drug-likeness (QED) is 0.728. The van der Waals surface area contributed by atoms with Crippen molar-refractivity contribution >= 4 is 23.8 Å². The Morgan fingerprint density at radius 2 is 2.18 bits per heavy atom. The van der Waals surface area contributed by atoms with Crippen LogP contribution in [0, 0.1) is 12.8 Å². The molecule has 0 saturated heterocycles. The molecule has 0 saturated carbocycles. The predicted molar refractivity (Wildman–Crippen MR) is 120 cm³/mol. The molecule has 10 heteroatoms. The van der Waals surface area contributed by atoms with Crippen LogP contribution in [0.5, 0.6) is 11.5 Å². The summed E-state index contributed by atoms with van der Waals surface area (Å²) in [4.78, 5) is 18.7. The Kier molecular flexibility index (Phi) is 5.25. The molecule has 3 aliphatic rings. The number of rotatable bonds is 4. The lowest BCUT2D eigenvalue weighted by Gasteiger charge is -2.30. The number of aliphatic imine (C=N–C) groups is 1. The molecule has 1 aromatic heterocycles. The van der Waals surface area contributed by atoms with Crippen molar-refractivity contribution in [2.24, 2.45) is 10.9 Å². The van der Waals surface area contributed by atoms with E-state index in [0.29, 0.717) is 53.4 Å². The second-order valence-electron chi connectivity index (χ2n) is 7.66. The molecule has 0 bridgehead atoms. The summed E-state index contributed by atoms with van der Waals surface area (Å²) in [6.45, 7) is 2.48. The number of carbonyl (C=O) groups is 1. The van der Waals surface area contributed by atoms with Crippen molar-refractivity contribution in [1.29, 1.82) is 0 Å². The molecule has 33 heavy (non-hydrogen) atoms. The van der Waals surface area contributed by atoms with Crippen LogP contribution in [-0.2, 0) is 4.74 Å². The average Bonchev–Trinajstić information content (AvgIpc) is 3.22. The molecule has 2 aliphatic heterocycles. The number of fused-ring (bicyclic) bond motifs is 2. The van der Waals surface area contributed by atoms with Crippen LogP contribution in [0.15, 0.2) is 69.3 Å². The molecule has 1 aromatic carbocycles. The van der Waals surface area contributed by atoms with E-state index < -0.39 is 0 Å². The number of allylic oxidation sites excluding steroid dienone is 1. The molecule has 10 nitrogen and oxygen atoms in total. The smallest absolute Gasteiger partial charge is 0.327 e. The number of nitrogens with zero attached hydrogens (tertiary/aromatic N) is 3. The van der Waals surface area contributed by atoms with E-state index in [1.807, 2.05) is 0 Å². The van der Waals surface area contributed by atoms with E-state index >= 15 is 0 Å². The maximum atomic E-state index is 12.8. The van der Waals surface area contributed by atoms with Gasteiger partial charge in [-0.15, -0.1) is 0 Å². The summed E-state index contributed by atoms with van der Waals surface area (Å²) in [5.41, 5.74) is 0.621. The SMILES string of the molecule is COC1=CC2C(Oc3ccc4c(c3)OCCN4C(=O)Nc3cc(C)on3)=CC=NC2C=C1O. The van der Waals surface area contributed by atoms with Gasteiger partial charge in [0, 0.05) is 18.3 Å². The Hall–Kier alpha value is -4.21. The van der Waals surface area contributed by atoms with Crippen molar-refractivity contribution in [3.63, 3.8) is 0 Å². The Morgan fingerprint density at radius 1 is 1.30 bits per heavy atom. The number of aryl methyl sites for hydroxylation is 1. The predicted octanol–water partition coefficient (Wildman–Crippen LogP) is 3.73. The Bertz CT molecular complexity index is 1210. The van der Waals surface area contributed by atoms with Gasteiger partial charge in [0.05, 0.1) is 31.3 Å². The van der Waals surface area contributed by atoms with E-state index in [-0.39, 0.29) is 23.8 Å². The maximum Gasteiger partial charge on any atom is 0.327 e. The monoisotopic (exact) mass is 450 g/mol. The van der Waals surface area contributed by atoms with Crippen LogP contribution < -0.4 is 19.7 Å². The molecular formula is C23H22N4O6. The first-order valence-corrected chi connectivity index (χ1v) is 10.4. The minimum Gasteiger partial charge on any atom is -0.504 e. The number of hydrogen-bond donors (Lipinski definition) is 2. The summed E-state index contributed by atoms with van der Waals surface area (Å²) < 4.78 is 22.2. The summed E-state index contributed by atoms with van der Waals surface area (Å²) in [6.07, 6.45) is 6.85. The van der Waals surface area contributed by atoms with Gasteiger partial charge < -0.3 is 23.8 Å². The fraction of sp³-hybridized carbons (Fsp3) is 0.261. The largest absolute Gasteiger partial charge is 0.504 e. The number of dihydropyridines is 1. The molecule has 3 heterocycles. The number of carbonyl (C=O) groups excluding carboxylic acids is 1. The Balaban J connectivity index is 1.34. The average molecular weight is 450 g/mol. The van der Waals surface area contributed by atoms with Crippen LogP contribution in [-0.4, -0.2) is 48.8 Å². The number of aliphatic hydroxyl groups is 1. The maximum absolute atomic E-state index is 12.8. The van der Waals surface area contributed by atoms with Crippen LogP contribution in [0.25, 0.3) is 0 Å². The number of benzene rings is 1. The number of aliphatic hydroxyl groups excluding tert-OH is 1. The first-order valence-electron chi connectivity index (χ1n) is 10.4. The van der Waals surface area contributed by atoms with E-state index in [2.05, 4.69) is 15.5 Å². The lowest BCUT2D eigenvalue weighted by Crippen LogP contribution is -2.40. The highest BCUT2D eigenvalue weighted by Gasteiger charge is 2.31. The number of ether oxygens (including phenoxy) is 3. The lowest BCUT2D eigenvalue weighted by molar-refractivity contribution is 0.241. The molecule has 2 aromatic rings. The summed E-state index contributed by atoms with van der Waals surface area (Å²) in [6, 6.07) is 6.32. The number of nitrogens with one attached hydrogen (secondary N) is 1. The number of hydrogen-bond acceptors (Lipinski definition) is 8. The van der Waals surface area contributed by atoms with Crippen LogP contribution in [0.3, 0.4) is 0 Å². The molecule has 170 valence electrons. The molecule has 0 spiro atoms. The number of amides is 2. The number of anilines is 2. The third kappa shape index (κ3) is 4.02. The second-order valence-corrected chi connectivity index (χ2v) is 7.66. The van der Waals surface area contributed by atoms with Crippen molar-refractivity contribution in [2.45, 2.75) is 13.0 Å². The molecular weight excluding hydrogens is 428 g/mol. The number of methoxy groups -OCH3 is 1. The van der Waals surface area contributed by atoms with Crippen molar-refractivity contribution < 1.29 is 28.6 Å². The van der Waals surface area contributed by atoms with Gasteiger partial charge >= 0.3 is 6.03 Å². The van der Waals surface area contributed by atoms with Crippen LogP contribution in [0.4, 0.5) is 16.3 Å². The summed E-state index contributed by atoms with van der Waals surface area (Å²) in [7, 11) is 1.50. The van der Waals surface area contributed by atoms with Crippen molar-refractivity contribution in [3.05, 3.63) is 65.5 Å². The third-order valence-electron chi connectivity index (χ3n) is 5.46. The van der Waals surface area contributed by atoms with Crippen LogP contribution >= 0.6 is 0 Å². The highest BCUT2D eigenvalue weighted by Crippen LogP contribution is 2.38. The van der Waals surface area contributed by atoms with Gasteiger partial charge in [0.15, 0.2) is 17.3 Å². The van der Waals surface area contributed by atoms with Crippen LogP contribution in [0.2, 0.25) is 0 Å². The van der Waals surface area contributed by atoms with Gasteiger partial charge in [-0.1, -0.05) is 5.16 Å². The van der Waals surface area contributed by atoms with Gasteiger partial charge in [0.2, 0.25) is 0 Å². The Labute approximate surface area is 189 Å². The van der Waals surface area contributed by atoms with Crippen LogP contribution in [0.1, 0.15) is 5.76 Å². The first kappa shape index (κ1) is 20.7. The highest BCUT2D eigenvalue weighted by atomic mass is 16.5. The van der Waals surface area contributed by atoms with Crippen molar-refractivity contribution in [3.8, 4) is 11.5 Å². The fourth-order valence-corrected chi connectivity index (χ4v) is 3.90. The van der Waals surface area contributed by atoms with Gasteiger partial charge in [0.25, 0.3) is 0 Å². The van der Waals surface area contributed by atoms with E-state index in [4.69, 9.17) is 18.7 Å². The van der Waals surface area contributed by atoms with Gasteiger partial charge in [-0.2, -0.15) is 0 Å². The Morgan fingerprint density at radius 3 is 2.97 bits per heavy atom. The van der Waals surface area contributed by atoms with Gasteiger partial charge in [-0.05, 0) is 37.3 Å². The van der Waals surface area contributed by atoms with Gasteiger partial charge in [0.1, 0.15) is 29.6 Å². The standard InChI is InChI=1S/C23H22N4O6/c1-13-9-22(26-33-13)25-23(29)27-7-8-31-20-10-14(3-4-17(20)27)32-19-5-6-24-16-12-18(28)21(30-2)11-15(16)19/h3-6,9-12,15-16,28H,7-8H2,1-2H3,(H,25,26,29). The minimum atomic E-state index is -0.332. The molecule has 2 amide bonds. The van der Waals surface area contributed by atoms with E-state index in [1.54, 1.807) is 60.5 Å². The zero-order chi connectivity index (χ0) is 22.9. The summed E-state index contributed by atoms with van der Waals surface area (Å²) in [5.74, 6) is 2.90. The first-order chi connectivity index (χ1) is 16.0. The summed E-state index contributed by atoms with van der Waals surface area (Å²) >= 11 is 0. The van der Waals surface area contributed by atoms with Crippen molar-refractivity contribution in [1.82, 2.24) is 5.16 Å². The van der Waals surface area contributed by atoms with E-state index in [9.17, 15) is 9.90 Å². The van der Waals surface area contributed by atoms with Gasteiger partial charge in [-0.25, -0.2) is 4.79 Å². The molecule has 0 fully saturated rings. The second kappa shape index (κ2) is 8.38. The number of urea groups is 1. The molecule has 2 N–H and O–H groups in total. The lowest BCUT2D eigenvalue weighted by atomic mass is 9.90. The molecule has 2 atom stereocenters. The highest BCUT2D eigenvalue weighted by molar-refractivity contribution is 6.02. The third-order valence-corrected chi connectivity index (χ3v) is 5.46. The zero-order valence-corrected chi connectivity index (χ0v) is 18.0.